The topological polar surface area (TPSA) is 38.7 Å². The molecule has 1 heterocycles. The number of hydrogen-bond acceptors (Lipinski definition) is 3. The molecular formula is C10H20O3P+. The van der Waals surface area contributed by atoms with Crippen LogP contribution in [0.4, 0.5) is 0 Å². The Morgan fingerprint density at radius 2 is 2.07 bits per heavy atom. The minimum Gasteiger partial charge on any atom is -0.396 e. The molecule has 0 bridgehead atoms. The highest BCUT2D eigenvalue weighted by atomic mass is 31.1. The van der Waals surface area contributed by atoms with Crippen LogP contribution in [-0.2, 0) is 9.47 Å². The van der Waals surface area contributed by atoms with Crippen molar-refractivity contribution in [1.29, 1.82) is 0 Å². The van der Waals surface area contributed by atoms with Gasteiger partial charge in [-0.3, -0.25) is 0 Å². The Bertz CT molecular complexity index is 198. The maximum absolute atomic E-state index is 9.33. The SMILES string of the molecule is C=[P+](C)C1OCC(CO)(CCC)CO1. The Morgan fingerprint density at radius 3 is 2.43 bits per heavy atom. The van der Waals surface area contributed by atoms with Crippen LogP contribution in [-0.4, -0.2) is 43.9 Å². The van der Waals surface area contributed by atoms with Crippen molar-refractivity contribution in [1.82, 2.24) is 0 Å². The van der Waals surface area contributed by atoms with Crippen LogP contribution >= 0.6 is 7.55 Å². The number of aliphatic hydroxyl groups excluding tert-OH is 1. The minimum atomic E-state index is -0.450. The van der Waals surface area contributed by atoms with E-state index in [1.165, 1.54) is 0 Å². The molecule has 0 saturated carbocycles. The Morgan fingerprint density at radius 1 is 1.50 bits per heavy atom. The van der Waals surface area contributed by atoms with Crippen LogP contribution in [0.1, 0.15) is 19.8 Å². The molecule has 0 aromatic carbocycles. The lowest BCUT2D eigenvalue weighted by Gasteiger charge is -2.36. The van der Waals surface area contributed by atoms with Gasteiger partial charge in [0.1, 0.15) is 14.2 Å². The van der Waals surface area contributed by atoms with E-state index < -0.39 is 7.55 Å². The number of ether oxygens (including phenoxy) is 2. The molecule has 0 radical (unpaired) electrons. The Hall–Kier alpha value is 0.0500. The fourth-order valence-electron chi connectivity index (χ4n) is 1.69. The Labute approximate surface area is 86.8 Å². The summed E-state index contributed by atoms with van der Waals surface area (Å²) in [5.74, 6) is 0. The zero-order valence-electron chi connectivity index (χ0n) is 9.03. The number of rotatable bonds is 4. The average molecular weight is 219 g/mol. The van der Waals surface area contributed by atoms with E-state index in [9.17, 15) is 5.11 Å². The summed E-state index contributed by atoms with van der Waals surface area (Å²) in [5.41, 5.74) is -0.170. The molecule has 4 heteroatoms. The van der Waals surface area contributed by atoms with E-state index in [2.05, 4.69) is 13.2 Å². The van der Waals surface area contributed by atoms with E-state index in [0.29, 0.717) is 13.2 Å². The van der Waals surface area contributed by atoms with Crippen molar-refractivity contribution in [3.8, 4) is 0 Å². The lowest BCUT2D eigenvalue weighted by atomic mass is 9.86. The molecule has 1 unspecified atom stereocenters. The molecule has 1 rings (SSSR count). The van der Waals surface area contributed by atoms with E-state index in [1.807, 2.05) is 6.66 Å². The Kier molecular flexibility index (Phi) is 4.52. The predicted molar refractivity (Wildman–Crippen MR) is 60.1 cm³/mol. The standard InChI is InChI=1S/C10H20O3P/c1-4-5-10(6-11)7-12-9(13-8-10)14(2)3/h9,11H,2,4-8H2,1,3H3/q+1. The van der Waals surface area contributed by atoms with Gasteiger partial charge >= 0.3 is 6.03 Å². The maximum atomic E-state index is 9.33. The summed E-state index contributed by atoms with van der Waals surface area (Å²) in [6.07, 6.45) is 5.93. The average Bonchev–Trinajstić information content (AvgIpc) is 2.19. The molecule has 1 atom stereocenters. The summed E-state index contributed by atoms with van der Waals surface area (Å²) in [6.45, 7) is 5.49. The molecule has 0 aromatic rings. The van der Waals surface area contributed by atoms with Crippen molar-refractivity contribution in [2.45, 2.75) is 25.8 Å². The van der Waals surface area contributed by atoms with E-state index in [0.717, 1.165) is 12.8 Å². The van der Waals surface area contributed by atoms with Crippen LogP contribution in [0.3, 0.4) is 0 Å². The summed E-state index contributed by atoms with van der Waals surface area (Å²) < 4.78 is 11.2. The second kappa shape index (κ2) is 5.22. The van der Waals surface area contributed by atoms with Crippen LogP contribution in [0.15, 0.2) is 0 Å². The quantitative estimate of drug-likeness (QED) is 0.730. The predicted octanol–water partition coefficient (Wildman–Crippen LogP) is 1.64. The Balaban J connectivity index is 2.50. The van der Waals surface area contributed by atoms with Crippen molar-refractivity contribution < 1.29 is 14.6 Å². The van der Waals surface area contributed by atoms with Gasteiger partial charge in [-0.2, -0.15) is 0 Å². The molecule has 14 heavy (non-hydrogen) atoms. The highest BCUT2D eigenvalue weighted by Crippen LogP contribution is 2.35. The first kappa shape index (κ1) is 12.1. The number of hydrogen-bond donors (Lipinski definition) is 1. The van der Waals surface area contributed by atoms with Crippen LogP contribution in [0.2, 0.25) is 0 Å². The van der Waals surface area contributed by atoms with Gasteiger partial charge in [0.2, 0.25) is 0 Å². The van der Waals surface area contributed by atoms with Crippen molar-refractivity contribution in [2.24, 2.45) is 5.41 Å². The number of aliphatic hydroxyl groups is 1. The van der Waals surface area contributed by atoms with E-state index in [-0.39, 0.29) is 18.1 Å². The molecule has 1 N–H and O–H groups in total. The highest BCUT2D eigenvalue weighted by Gasteiger charge is 2.38. The van der Waals surface area contributed by atoms with Crippen LogP contribution < -0.4 is 0 Å². The first-order valence-electron chi connectivity index (χ1n) is 5.01. The monoisotopic (exact) mass is 219 g/mol. The third-order valence-electron chi connectivity index (χ3n) is 2.54. The summed E-state index contributed by atoms with van der Waals surface area (Å²) in [5, 5.41) is 9.33. The van der Waals surface area contributed by atoms with Gasteiger partial charge < -0.3 is 14.6 Å². The molecule has 3 nitrogen and oxygen atoms in total. The molecule has 1 aliphatic heterocycles. The highest BCUT2D eigenvalue weighted by molar-refractivity contribution is 7.55. The fraction of sp³-hybridized carbons (Fsp3) is 0.900. The lowest BCUT2D eigenvalue weighted by Crippen LogP contribution is -2.43. The van der Waals surface area contributed by atoms with Crippen LogP contribution in [0, 0.1) is 5.41 Å². The lowest BCUT2D eigenvalue weighted by molar-refractivity contribution is -0.199. The van der Waals surface area contributed by atoms with E-state index >= 15 is 0 Å². The minimum absolute atomic E-state index is 0.137. The molecule has 0 amide bonds. The zero-order valence-corrected chi connectivity index (χ0v) is 9.93. The molecule has 0 spiro atoms. The van der Waals surface area contributed by atoms with Gasteiger partial charge in [-0.1, -0.05) is 13.3 Å². The summed E-state index contributed by atoms with van der Waals surface area (Å²) >= 11 is 0. The van der Waals surface area contributed by atoms with Gasteiger partial charge in [0.25, 0.3) is 0 Å². The normalized spacial score (nSPS) is 34.2. The van der Waals surface area contributed by atoms with Gasteiger partial charge in [-0.05, 0) is 6.42 Å². The van der Waals surface area contributed by atoms with E-state index in [1.54, 1.807) is 0 Å². The summed E-state index contributed by atoms with van der Waals surface area (Å²) in [6, 6.07) is -0.137. The molecular weight excluding hydrogens is 199 g/mol. The van der Waals surface area contributed by atoms with Crippen molar-refractivity contribution >= 4 is 13.8 Å². The second-order valence-electron chi connectivity index (χ2n) is 4.09. The molecule has 1 saturated heterocycles. The van der Waals surface area contributed by atoms with Gasteiger partial charge in [0.15, 0.2) is 0 Å². The van der Waals surface area contributed by atoms with Crippen LogP contribution in [0.5, 0.6) is 0 Å². The second-order valence-corrected chi connectivity index (χ2v) is 6.03. The first-order chi connectivity index (χ1) is 6.63. The zero-order chi connectivity index (χ0) is 10.6. The third kappa shape index (κ3) is 2.77. The van der Waals surface area contributed by atoms with Gasteiger partial charge in [0, 0.05) is 5.41 Å². The first-order valence-corrected chi connectivity index (χ1v) is 7.05. The van der Waals surface area contributed by atoms with Gasteiger partial charge in [0.05, 0.1) is 26.1 Å². The smallest absolute Gasteiger partial charge is 0.323 e. The summed E-state index contributed by atoms with van der Waals surface area (Å²) in [4.78, 5) is 0. The largest absolute Gasteiger partial charge is 0.396 e. The molecule has 82 valence electrons. The van der Waals surface area contributed by atoms with Crippen molar-refractivity contribution in [3.05, 3.63) is 0 Å². The third-order valence-corrected chi connectivity index (χ3v) is 3.56. The molecule has 0 aromatic heterocycles. The molecule has 1 aliphatic rings. The summed E-state index contributed by atoms with van der Waals surface area (Å²) in [7, 11) is -0.450. The van der Waals surface area contributed by atoms with Crippen molar-refractivity contribution in [2.75, 3.05) is 26.5 Å². The maximum Gasteiger partial charge on any atom is 0.323 e. The van der Waals surface area contributed by atoms with Gasteiger partial charge in [-0.25, -0.2) is 0 Å². The molecule has 0 aliphatic carbocycles. The van der Waals surface area contributed by atoms with Gasteiger partial charge in [-0.15, -0.1) is 0 Å². The fourth-order valence-corrected chi connectivity index (χ4v) is 2.34. The van der Waals surface area contributed by atoms with Crippen molar-refractivity contribution in [3.63, 3.8) is 0 Å². The van der Waals surface area contributed by atoms with Crippen LogP contribution in [0.25, 0.3) is 0 Å². The molecule has 1 fully saturated rings. The van der Waals surface area contributed by atoms with E-state index in [4.69, 9.17) is 9.47 Å².